The molecule has 1 amide bonds. The second kappa shape index (κ2) is 3.72. The molecular weight excluding hydrogens is 154 g/mol. The van der Waals surface area contributed by atoms with Crippen LogP contribution < -0.4 is 5.73 Å². The molecule has 12 heavy (non-hydrogen) atoms. The van der Waals surface area contributed by atoms with Crippen molar-refractivity contribution in [3.8, 4) is 0 Å². The van der Waals surface area contributed by atoms with Crippen LogP contribution in [0.4, 0.5) is 0 Å². The van der Waals surface area contributed by atoms with Crippen molar-refractivity contribution in [2.75, 3.05) is 0 Å². The van der Waals surface area contributed by atoms with Crippen LogP contribution in [0, 0.1) is 5.92 Å². The molecule has 1 aliphatic rings. The van der Waals surface area contributed by atoms with Gasteiger partial charge >= 0.3 is 0 Å². The van der Waals surface area contributed by atoms with E-state index >= 15 is 0 Å². The number of carbonyl (C=O) groups is 1. The van der Waals surface area contributed by atoms with E-state index in [9.17, 15) is 9.90 Å². The van der Waals surface area contributed by atoms with Gasteiger partial charge in [0.15, 0.2) is 0 Å². The van der Waals surface area contributed by atoms with Crippen LogP contribution in [-0.2, 0) is 4.79 Å². The van der Waals surface area contributed by atoms with E-state index in [0.29, 0.717) is 0 Å². The third-order valence-corrected chi connectivity index (χ3v) is 2.48. The van der Waals surface area contributed by atoms with Crippen LogP contribution in [0.5, 0.6) is 0 Å². The van der Waals surface area contributed by atoms with Gasteiger partial charge in [-0.15, -0.1) is 0 Å². The third-order valence-electron chi connectivity index (χ3n) is 2.48. The number of nitrogens with two attached hydrogens (primary N) is 1. The van der Waals surface area contributed by atoms with E-state index in [-0.39, 0.29) is 5.92 Å². The van der Waals surface area contributed by atoms with Crippen molar-refractivity contribution in [1.29, 1.82) is 0 Å². The summed E-state index contributed by atoms with van der Waals surface area (Å²) < 4.78 is 0. The van der Waals surface area contributed by atoms with Crippen molar-refractivity contribution in [3.05, 3.63) is 12.2 Å². The molecule has 3 N–H and O–H groups in total. The summed E-state index contributed by atoms with van der Waals surface area (Å²) in [7, 11) is 0. The van der Waals surface area contributed by atoms with Crippen LogP contribution in [-0.4, -0.2) is 17.1 Å². The number of aliphatic hydroxyl groups excluding tert-OH is 1. The van der Waals surface area contributed by atoms with Gasteiger partial charge in [-0.1, -0.05) is 12.2 Å². The fourth-order valence-corrected chi connectivity index (χ4v) is 1.60. The van der Waals surface area contributed by atoms with Gasteiger partial charge in [0.05, 0.1) is 0 Å². The summed E-state index contributed by atoms with van der Waals surface area (Å²) in [6.07, 6.45) is 2.54. The van der Waals surface area contributed by atoms with Crippen molar-refractivity contribution >= 4 is 5.91 Å². The van der Waals surface area contributed by atoms with Crippen molar-refractivity contribution in [3.63, 3.8) is 0 Å². The molecular formula is C9H15NO2. The summed E-state index contributed by atoms with van der Waals surface area (Å²) in [4.78, 5) is 10.6. The molecule has 1 unspecified atom stereocenters. The first kappa shape index (κ1) is 9.26. The van der Waals surface area contributed by atoms with Crippen molar-refractivity contribution in [2.24, 2.45) is 11.7 Å². The summed E-state index contributed by atoms with van der Waals surface area (Å²) in [6, 6.07) is 0. The standard InChI is InChI=1S/C9H15NO2/c1-6-2-4-7(5-3-6)8(11)9(10)12/h7-8,11H,1-5H2,(H2,10,12). The second-order valence-electron chi connectivity index (χ2n) is 3.43. The van der Waals surface area contributed by atoms with E-state index in [1.807, 2.05) is 0 Å². The molecule has 0 bridgehead atoms. The zero-order valence-corrected chi connectivity index (χ0v) is 7.12. The molecule has 0 heterocycles. The van der Waals surface area contributed by atoms with Gasteiger partial charge in [0, 0.05) is 0 Å². The van der Waals surface area contributed by atoms with E-state index in [0.717, 1.165) is 25.7 Å². The summed E-state index contributed by atoms with van der Waals surface area (Å²) >= 11 is 0. The molecule has 1 fully saturated rings. The Hall–Kier alpha value is -0.830. The molecule has 0 aliphatic heterocycles. The van der Waals surface area contributed by atoms with Crippen molar-refractivity contribution in [1.82, 2.24) is 0 Å². The maximum Gasteiger partial charge on any atom is 0.246 e. The number of aliphatic hydroxyl groups is 1. The Morgan fingerprint density at radius 3 is 2.50 bits per heavy atom. The Morgan fingerprint density at radius 2 is 2.08 bits per heavy atom. The normalized spacial score (nSPS) is 22.2. The minimum Gasteiger partial charge on any atom is -0.383 e. The van der Waals surface area contributed by atoms with Crippen LogP contribution in [0.25, 0.3) is 0 Å². The number of rotatable bonds is 2. The van der Waals surface area contributed by atoms with E-state index in [2.05, 4.69) is 6.58 Å². The summed E-state index contributed by atoms with van der Waals surface area (Å²) in [5.41, 5.74) is 6.20. The molecule has 0 radical (unpaired) electrons. The number of hydrogen-bond acceptors (Lipinski definition) is 2. The van der Waals surface area contributed by atoms with E-state index in [4.69, 9.17) is 5.73 Å². The van der Waals surface area contributed by atoms with E-state index in [1.54, 1.807) is 0 Å². The molecule has 3 heteroatoms. The Labute approximate surface area is 72.3 Å². The predicted molar refractivity (Wildman–Crippen MR) is 46.3 cm³/mol. The lowest BCUT2D eigenvalue weighted by Crippen LogP contribution is -2.36. The fraction of sp³-hybridized carbons (Fsp3) is 0.667. The molecule has 0 aromatic rings. The largest absolute Gasteiger partial charge is 0.383 e. The second-order valence-corrected chi connectivity index (χ2v) is 3.43. The maximum absolute atomic E-state index is 10.6. The minimum atomic E-state index is -0.960. The first-order valence-electron chi connectivity index (χ1n) is 4.25. The highest BCUT2D eigenvalue weighted by Gasteiger charge is 2.26. The van der Waals surface area contributed by atoms with E-state index in [1.165, 1.54) is 5.57 Å². The lowest BCUT2D eigenvalue weighted by atomic mass is 9.83. The van der Waals surface area contributed by atoms with Gasteiger partial charge in [-0.2, -0.15) is 0 Å². The molecule has 68 valence electrons. The molecule has 0 aromatic heterocycles. The van der Waals surface area contributed by atoms with Crippen LogP contribution in [0.3, 0.4) is 0 Å². The van der Waals surface area contributed by atoms with Crippen LogP contribution in [0.2, 0.25) is 0 Å². The van der Waals surface area contributed by atoms with Gasteiger partial charge in [0.25, 0.3) is 0 Å². The van der Waals surface area contributed by atoms with Crippen LogP contribution >= 0.6 is 0 Å². The Bertz CT molecular complexity index is 191. The highest BCUT2D eigenvalue weighted by atomic mass is 16.3. The molecule has 0 spiro atoms. The maximum atomic E-state index is 10.6. The zero-order valence-electron chi connectivity index (χ0n) is 7.12. The van der Waals surface area contributed by atoms with Crippen molar-refractivity contribution in [2.45, 2.75) is 31.8 Å². The number of allylic oxidation sites excluding steroid dienone is 1. The van der Waals surface area contributed by atoms with Gasteiger partial charge in [-0.25, -0.2) is 0 Å². The summed E-state index contributed by atoms with van der Waals surface area (Å²) in [5.74, 6) is -0.555. The Balaban J connectivity index is 2.44. The lowest BCUT2D eigenvalue weighted by Gasteiger charge is -2.25. The Kier molecular flexibility index (Phi) is 2.87. The van der Waals surface area contributed by atoms with Crippen molar-refractivity contribution < 1.29 is 9.90 Å². The molecule has 0 saturated heterocycles. The number of hydrogen-bond donors (Lipinski definition) is 2. The van der Waals surface area contributed by atoms with Crippen LogP contribution in [0.1, 0.15) is 25.7 Å². The predicted octanol–water partition coefficient (Wildman–Crippen LogP) is 0.579. The van der Waals surface area contributed by atoms with Gasteiger partial charge < -0.3 is 10.8 Å². The molecule has 1 aliphatic carbocycles. The number of primary amides is 1. The third kappa shape index (κ3) is 2.08. The molecule has 1 saturated carbocycles. The van der Waals surface area contributed by atoms with Crippen LogP contribution in [0.15, 0.2) is 12.2 Å². The zero-order chi connectivity index (χ0) is 9.14. The topological polar surface area (TPSA) is 63.3 Å². The van der Waals surface area contributed by atoms with Gasteiger partial charge in [0.2, 0.25) is 5.91 Å². The molecule has 0 aromatic carbocycles. The monoisotopic (exact) mass is 169 g/mol. The SMILES string of the molecule is C=C1CCC(C(O)C(N)=O)CC1. The summed E-state index contributed by atoms with van der Waals surface area (Å²) in [5, 5.41) is 9.33. The molecule has 1 rings (SSSR count). The quantitative estimate of drug-likeness (QED) is 0.594. The average Bonchev–Trinajstić information content (AvgIpc) is 2.04. The summed E-state index contributed by atoms with van der Waals surface area (Å²) in [6.45, 7) is 3.85. The molecule has 3 nitrogen and oxygen atoms in total. The fourth-order valence-electron chi connectivity index (χ4n) is 1.60. The smallest absolute Gasteiger partial charge is 0.246 e. The van der Waals surface area contributed by atoms with Gasteiger partial charge in [-0.3, -0.25) is 4.79 Å². The van der Waals surface area contributed by atoms with Gasteiger partial charge in [-0.05, 0) is 31.6 Å². The highest BCUT2D eigenvalue weighted by molar-refractivity contribution is 5.78. The lowest BCUT2D eigenvalue weighted by molar-refractivity contribution is -0.129. The average molecular weight is 169 g/mol. The number of carbonyl (C=O) groups excluding carboxylic acids is 1. The minimum absolute atomic E-state index is 0.0491. The molecule has 1 atom stereocenters. The number of amides is 1. The first-order valence-corrected chi connectivity index (χ1v) is 4.25. The van der Waals surface area contributed by atoms with Gasteiger partial charge in [0.1, 0.15) is 6.10 Å². The van der Waals surface area contributed by atoms with E-state index < -0.39 is 12.0 Å². The highest BCUT2D eigenvalue weighted by Crippen LogP contribution is 2.29. The first-order chi connectivity index (χ1) is 5.61. The Morgan fingerprint density at radius 1 is 1.58 bits per heavy atom.